The van der Waals surface area contributed by atoms with E-state index in [1.807, 2.05) is 6.26 Å². The predicted octanol–water partition coefficient (Wildman–Crippen LogP) is -0.254. The molecule has 0 heterocycles. The third-order valence-corrected chi connectivity index (χ3v) is 2.33. The van der Waals surface area contributed by atoms with Crippen molar-refractivity contribution >= 4 is 23.6 Å². The van der Waals surface area contributed by atoms with Crippen LogP contribution in [0.2, 0.25) is 0 Å². The van der Waals surface area contributed by atoms with Crippen molar-refractivity contribution in [3.63, 3.8) is 0 Å². The molecule has 0 saturated heterocycles. The van der Waals surface area contributed by atoms with Gasteiger partial charge in [-0.05, 0) is 25.4 Å². The van der Waals surface area contributed by atoms with E-state index in [0.717, 1.165) is 5.75 Å². The van der Waals surface area contributed by atoms with Crippen LogP contribution in [-0.4, -0.2) is 43.1 Å². The first-order valence-electron chi connectivity index (χ1n) is 4.79. The van der Waals surface area contributed by atoms with Gasteiger partial charge in [0, 0.05) is 0 Å². The van der Waals surface area contributed by atoms with Gasteiger partial charge in [-0.3, -0.25) is 9.59 Å². The standard InChI is InChI=1S/C9H18N2O3S/c1-3-14-8(12)6-11-9(13)7(10)4-5-15-2/h7H,3-6,10H2,1-2H3,(H,11,13)/t7-/m0/s1. The van der Waals surface area contributed by atoms with Gasteiger partial charge in [0.1, 0.15) is 6.54 Å². The minimum atomic E-state index is -0.549. The molecule has 6 heteroatoms. The fourth-order valence-corrected chi connectivity index (χ4v) is 1.37. The molecule has 0 saturated carbocycles. The molecule has 1 amide bonds. The Morgan fingerprint density at radius 2 is 2.20 bits per heavy atom. The van der Waals surface area contributed by atoms with E-state index in [2.05, 4.69) is 10.1 Å². The number of carbonyl (C=O) groups excluding carboxylic acids is 2. The lowest BCUT2D eigenvalue weighted by atomic mass is 10.2. The summed E-state index contributed by atoms with van der Waals surface area (Å²) in [5.41, 5.74) is 5.59. The zero-order valence-electron chi connectivity index (χ0n) is 9.12. The molecule has 0 aromatic rings. The third kappa shape index (κ3) is 7.21. The lowest BCUT2D eigenvalue weighted by Gasteiger charge is -2.10. The Morgan fingerprint density at radius 1 is 1.53 bits per heavy atom. The lowest BCUT2D eigenvalue weighted by Crippen LogP contribution is -2.43. The van der Waals surface area contributed by atoms with Crippen LogP contribution in [0.15, 0.2) is 0 Å². The molecule has 0 spiro atoms. The largest absolute Gasteiger partial charge is 0.465 e. The van der Waals surface area contributed by atoms with E-state index in [-0.39, 0.29) is 12.5 Å². The molecular weight excluding hydrogens is 216 g/mol. The zero-order chi connectivity index (χ0) is 11.7. The van der Waals surface area contributed by atoms with E-state index in [9.17, 15) is 9.59 Å². The molecule has 3 N–H and O–H groups in total. The van der Waals surface area contributed by atoms with Gasteiger partial charge in [-0.1, -0.05) is 0 Å². The Bertz CT molecular complexity index is 212. The van der Waals surface area contributed by atoms with Gasteiger partial charge >= 0.3 is 5.97 Å². The Morgan fingerprint density at radius 3 is 2.73 bits per heavy atom. The van der Waals surface area contributed by atoms with Gasteiger partial charge in [0.25, 0.3) is 0 Å². The summed E-state index contributed by atoms with van der Waals surface area (Å²) in [6.07, 6.45) is 2.55. The lowest BCUT2D eigenvalue weighted by molar-refractivity contribution is -0.143. The third-order valence-electron chi connectivity index (χ3n) is 1.68. The summed E-state index contributed by atoms with van der Waals surface area (Å²) in [5, 5.41) is 2.43. The average molecular weight is 234 g/mol. The fraction of sp³-hybridized carbons (Fsp3) is 0.778. The second kappa shape index (κ2) is 8.55. The van der Waals surface area contributed by atoms with Crippen molar-refractivity contribution in [1.82, 2.24) is 5.32 Å². The Balaban J connectivity index is 3.68. The first-order valence-corrected chi connectivity index (χ1v) is 6.19. The van der Waals surface area contributed by atoms with Crippen molar-refractivity contribution in [2.75, 3.05) is 25.2 Å². The van der Waals surface area contributed by atoms with Crippen molar-refractivity contribution in [1.29, 1.82) is 0 Å². The topological polar surface area (TPSA) is 81.4 Å². The molecule has 1 atom stereocenters. The predicted molar refractivity (Wildman–Crippen MR) is 60.6 cm³/mol. The maximum absolute atomic E-state index is 11.3. The quantitative estimate of drug-likeness (QED) is 0.593. The van der Waals surface area contributed by atoms with Gasteiger partial charge in [-0.25, -0.2) is 0 Å². The number of hydrogen-bond donors (Lipinski definition) is 2. The molecule has 88 valence electrons. The minimum Gasteiger partial charge on any atom is -0.465 e. The Labute approximate surface area is 94.1 Å². The number of ether oxygens (including phenoxy) is 1. The molecule has 0 rings (SSSR count). The van der Waals surface area contributed by atoms with E-state index in [1.54, 1.807) is 18.7 Å². The summed E-state index contributed by atoms with van der Waals surface area (Å²) in [6, 6.07) is -0.549. The summed E-state index contributed by atoms with van der Waals surface area (Å²) in [6.45, 7) is 1.91. The summed E-state index contributed by atoms with van der Waals surface area (Å²) in [5.74, 6) is 0.0774. The Hall–Kier alpha value is -0.750. The van der Waals surface area contributed by atoms with Gasteiger partial charge < -0.3 is 15.8 Å². The summed E-state index contributed by atoms with van der Waals surface area (Å²) in [7, 11) is 0. The van der Waals surface area contributed by atoms with Crippen molar-refractivity contribution in [2.45, 2.75) is 19.4 Å². The molecule has 0 unspecified atom stereocenters. The van der Waals surface area contributed by atoms with E-state index in [4.69, 9.17) is 5.73 Å². The Kier molecular flexibility index (Phi) is 8.12. The van der Waals surface area contributed by atoms with Crippen molar-refractivity contribution in [2.24, 2.45) is 5.73 Å². The second-order valence-electron chi connectivity index (χ2n) is 2.91. The molecule has 0 aliphatic heterocycles. The molecular formula is C9H18N2O3S. The maximum Gasteiger partial charge on any atom is 0.325 e. The highest BCUT2D eigenvalue weighted by molar-refractivity contribution is 7.98. The van der Waals surface area contributed by atoms with Crippen molar-refractivity contribution < 1.29 is 14.3 Å². The van der Waals surface area contributed by atoms with Gasteiger partial charge in [0.05, 0.1) is 12.6 Å². The van der Waals surface area contributed by atoms with Crippen LogP contribution in [0.5, 0.6) is 0 Å². The van der Waals surface area contributed by atoms with E-state index < -0.39 is 12.0 Å². The van der Waals surface area contributed by atoms with E-state index in [1.165, 1.54) is 0 Å². The number of nitrogens with one attached hydrogen (secondary N) is 1. The fourth-order valence-electron chi connectivity index (χ4n) is 0.878. The average Bonchev–Trinajstić information content (AvgIpc) is 2.22. The minimum absolute atomic E-state index is 0.111. The normalized spacial score (nSPS) is 11.9. The highest BCUT2D eigenvalue weighted by Gasteiger charge is 2.13. The molecule has 0 aromatic heterocycles. The van der Waals surface area contributed by atoms with Crippen molar-refractivity contribution in [3.8, 4) is 0 Å². The second-order valence-corrected chi connectivity index (χ2v) is 3.90. The number of thioether (sulfide) groups is 1. The molecule has 0 fully saturated rings. The summed E-state index contributed by atoms with van der Waals surface area (Å²) in [4.78, 5) is 22.2. The number of esters is 1. The molecule has 0 aliphatic carbocycles. The van der Waals surface area contributed by atoms with E-state index in [0.29, 0.717) is 13.0 Å². The van der Waals surface area contributed by atoms with Gasteiger partial charge in [0.15, 0.2) is 0 Å². The van der Waals surface area contributed by atoms with Crippen LogP contribution in [-0.2, 0) is 14.3 Å². The summed E-state index contributed by atoms with van der Waals surface area (Å²) >= 11 is 1.63. The molecule has 0 aromatic carbocycles. The number of carbonyl (C=O) groups is 2. The maximum atomic E-state index is 11.3. The first-order chi connectivity index (χ1) is 7.11. The SMILES string of the molecule is CCOC(=O)CNC(=O)[C@@H](N)CCSC. The van der Waals surface area contributed by atoms with Crippen LogP contribution in [0.25, 0.3) is 0 Å². The summed E-state index contributed by atoms with van der Waals surface area (Å²) < 4.78 is 4.65. The highest BCUT2D eigenvalue weighted by atomic mass is 32.2. The molecule has 0 bridgehead atoms. The van der Waals surface area contributed by atoms with Crippen LogP contribution in [0.4, 0.5) is 0 Å². The number of nitrogens with two attached hydrogens (primary N) is 1. The highest BCUT2D eigenvalue weighted by Crippen LogP contribution is 1.98. The van der Waals surface area contributed by atoms with Crippen LogP contribution >= 0.6 is 11.8 Å². The van der Waals surface area contributed by atoms with Gasteiger partial charge in [-0.15, -0.1) is 0 Å². The number of amides is 1. The molecule has 15 heavy (non-hydrogen) atoms. The van der Waals surface area contributed by atoms with E-state index >= 15 is 0 Å². The smallest absolute Gasteiger partial charge is 0.325 e. The molecule has 5 nitrogen and oxygen atoms in total. The van der Waals surface area contributed by atoms with Crippen molar-refractivity contribution in [3.05, 3.63) is 0 Å². The van der Waals surface area contributed by atoms with Gasteiger partial charge in [0.2, 0.25) is 5.91 Å². The van der Waals surface area contributed by atoms with Gasteiger partial charge in [-0.2, -0.15) is 11.8 Å². The monoisotopic (exact) mass is 234 g/mol. The number of hydrogen-bond acceptors (Lipinski definition) is 5. The zero-order valence-corrected chi connectivity index (χ0v) is 9.93. The van der Waals surface area contributed by atoms with Crippen LogP contribution in [0, 0.1) is 0 Å². The molecule has 0 radical (unpaired) electrons. The van der Waals surface area contributed by atoms with Crippen LogP contribution in [0.1, 0.15) is 13.3 Å². The number of rotatable bonds is 7. The van der Waals surface area contributed by atoms with Crippen LogP contribution in [0.3, 0.4) is 0 Å². The first kappa shape index (κ1) is 14.2. The molecule has 0 aliphatic rings. The van der Waals surface area contributed by atoms with Crippen LogP contribution < -0.4 is 11.1 Å².